The third kappa shape index (κ3) is 5.27. The zero-order chi connectivity index (χ0) is 26.0. The fourth-order valence-electron chi connectivity index (χ4n) is 2.86. The Kier molecular flexibility index (Phi) is 7.15. The molecule has 0 aliphatic carbocycles. The molecule has 0 unspecified atom stereocenters. The molecule has 0 aliphatic heterocycles. The summed E-state index contributed by atoms with van der Waals surface area (Å²) in [5.74, 6) is -13.6. The molecule has 2 heterocycles. The third-order valence-electron chi connectivity index (χ3n) is 4.51. The molecule has 1 amide bonds. The number of nitrogens with one attached hydrogen (secondary N) is 1. The summed E-state index contributed by atoms with van der Waals surface area (Å²) in [5, 5.41) is 4.23. The number of nitrogens with zero attached hydrogens (tertiary/aromatic N) is 1. The van der Waals surface area contributed by atoms with Crippen molar-refractivity contribution >= 4 is 22.4 Å². The van der Waals surface area contributed by atoms with Crippen LogP contribution in [0.3, 0.4) is 0 Å². The van der Waals surface area contributed by atoms with Crippen LogP contribution < -0.4 is 14.8 Å². The van der Waals surface area contributed by atoms with Gasteiger partial charge < -0.3 is 13.9 Å². The Morgan fingerprint density at radius 2 is 1.58 bits per heavy atom. The van der Waals surface area contributed by atoms with E-state index < -0.39 is 54.0 Å². The van der Waals surface area contributed by atoms with Gasteiger partial charge in [-0.2, -0.15) is 17.6 Å². The highest BCUT2D eigenvalue weighted by molar-refractivity contribution is 7.14. The van der Waals surface area contributed by atoms with Gasteiger partial charge in [-0.05, 0) is 36.4 Å². The van der Waals surface area contributed by atoms with E-state index in [4.69, 9.17) is 4.42 Å². The molecule has 0 aliphatic rings. The van der Waals surface area contributed by atoms with Crippen molar-refractivity contribution in [3.8, 4) is 22.8 Å². The minimum absolute atomic E-state index is 0.0321. The van der Waals surface area contributed by atoms with E-state index in [0.717, 1.165) is 11.3 Å². The quantitative estimate of drug-likeness (QED) is 0.159. The second-order valence-electron chi connectivity index (χ2n) is 6.85. The van der Waals surface area contributed by atoms with E-state index in [1.54, 1.807) is 5.38 Å². The number of amides is 1. The minimum Gasteiger partial charge on any atom is -0.479 e. The van der Waals surface area contributed by atoms with Crippen LogP contribution in [-0.4, -0.2) is 17.5 Å². The maximum absolute atomic E-state index is 13.7. The Labute approximate surface area is 200 Å². The largest absolute Gasteiger partial charge is 0.479 e. The monoisotopic (exact) mass is 532 g/mol. The van der Waals surface area contributed by atoms with Crippen LogP contribution in [0.4, 0.5) is 35.9 Å². The Bertz CT molecular complexity index is 1380. The third-order valence-corrected chi connectivity index (χ3v) is 5.27. The van der Waals surface area contributed by atoms with Gasteiger partial charge in [0.05, 0.1) is 5.69 Å². The smallest absolute Gasteiger partial charge is 0.387 e. The van der Waals surface area contributed by atoms with Gasteiger partial charge in [-0.1, -0.05) is 0 Å². The van der Waals surface area contributed by atoms with Crippen molar-refractivity contribution in [3.63, 3.8) is 0 Å². The van der Waals surface area contributed by atoms with E-state index in [2.05, 4.69) is 19.8 Å². The molecule has 0 radical (unpaired) electrons. The number of anilines is 1. The molecule has 4 rings (SSSR count). The van der Waals surface area contributed by atoms with Crippen molar-refractivity contribution in [1.29, 1.82) is 0 Å². The SMILES string of the molecule is O=C(Nc1nc(-c2ccc(OC(F)F)cc2)cs1)c1ccc(COc2c(F)c(F)c(F)c(F)c2F)o1. The number of carbonyl (C=O) groups is 1. The van der Waals surface area contributed by atoms with Gasteiger partial charge in [0, 0.05) is 10.9 Å². The molecule has 6 nitrogen and oxygen atoms in total. The lowest BCUT2D eigenvalue weighted by molar-refractivity contribution is -0.0498. The summed E-state index contributed by atoms with van der Waals surface area (Å²) in [6.45, 7) is -3.69. The lowest BCUT2D eigenvalue weighted by Crippen LogP contribution is -2.10. The molecule has 0 spiro atoms. The lowest BCUT2D eigenvalue weighted by atomic mass is 10.2. The normalized spacial score (nSPS) is 11.1. The van der Waals surface area contributed by atoms with Crippen molar-refractivity contribution in [2.24, 2.45) is 0 Å². The first-order valence-electron chi connectivity index (χ1n) is 9.69. The van der Waals surface area contributed by atoms with Crippen molar-refractivity contribution < 1.29 is 49.4 Å². The zero-order valence-electron chi connectivity index (χ0n) is 17.5. The van der Waals surface area contributed by atoms with Gasteiger partial charge in [-0.25, -0.2) is 18.2 Å². The van der Waals surface area contributed by atoms with Gasteiger partial charge in [0.2, 0.25) is 29.1 Å². The van der Waals surface area contributed by atoms with E-state index in [1.165, 1.54) is 36.4 Å². The predicted octanol–water partition coefficient (Wildman–Crippen LogP) is 6.53. The summed E-state index contributed by atoms with van der Waals surface area (Å²) in [7, 11) is 0. The lowest BCUT2D eigenvalue weighted by Gasteiger charge is -2.09. The van der Waals surface area contributed by atoms with E-state index in [1.807, 2.05) is 0 Å². The first-order chi connectivity index (χ1) is 17.1. The molecule has 0 bridgehead atoms. The van der Waals surface area contributed by atoms with Crippen LogP contribution in [0.25, 0.3) is 11.3 Å². The summed E-state index contributed by atoms with van der Waals surface area (Å²) in [6.07, 6.45) is 0. The number of ether oxygens (including phenoxy) is 2. The molecule has 0 fully saturated rings. The second-order valence-corrected chi connectivity index (χ2v) is 7.71. The Morgan fingerprint density at radius 1 is 0.944 bits per heavy atom. The number of hydrogen-bond donors (Lipinski definition) is 1. The molecule has 0 atom stereocenters. The molecule has 2 aromatic carbocycles. The Morgan fingerprint density at radius 3 is 2.22 bits per heavy atom. The number of alkyl halides is 2. The second kappa shape index (κ2) is 10.3. The zero-order valence-corrected chi connectivity index (χ0v) is 18.3. The highest BCUT2D eigenvalue weighted by Crippen LogP contribution is 2.30. The van der Waals surface area contributed by atoms with Crippen molar-refractivity contribution in [2.75, 3.05) is 5.32 Å². The maximum Gasteiger partial charge on any atom is 0.387 e. The van der Waals surface area contributed by atoms with Crippen molar-refractivity contribution in [1.82, 2.24) is 4.98 Å². The maximum atomic E-state index is 13.7. The van der Waals surface area contributed by atoms with Crippen LogP contribution in [-0.2, 0) is 6.61 Å². The molecule has 2 aromatic heterocycles. The van der Waals surface area contributed by atoms with Crippen LogP contribution in [0.5, 0.6) is 11.5 Å². The standard InChI is InChI=1S/C22H11F7N2O4S/c23-14-15(24)17(26)19(18(27)16(14)25)33-7-11-5-6-13(34-11)20(32)31-22-30-12(8-36-22)9-1-3-10(4-2-9)35-21(28)29/h1-6,8,21H,7H2,(H,30,31,32). The number of thiazole rings is 1. The molecular formula is C22H11F7N2O4S. The van der Waals surface area contributed by atoms with Crippen LogP contribution in [0.2, 0.25) is 0 Å². The predicted molar refractivity (Wildman–Crippen MR) is 111 cm³/mol. The first-order valence-corrected chi connectivity index (χ1v) is 10.6. The number of benzene rings is 2. The molecule has 0 saturated heterocycles. The highest BCUT2D eigenvalue weighted by atomic mass is 32.1. The topological polar surface area (TPSA) is 73.6 Å². The first kappa shape index (κ1) is 25.0. The molecule has 14 heteroatoms. The molecule has 188 valence electrons. The van der Waals surface area contributed by atoms with E-state index in [0.29, 0.717) is 11.3 Å². The number of hydrogen-bond acceptors (Lipinski definition) is 6. The average Bonchev–Trinajstić information content (AvgIpc) is 3.52. The Balaban J connectivity index is 1.39. The van der Waals surface area contributed by atoms with Gasteiger partial charge in [0.1, 0.15) is 18.1 Å². The number of furan rings is 1. The molecule has 1 N–H and O–H groups in total. The van der Waals surface area contributed by atoms with E-state index in [-0.39, 0.29) is 22.4 Å². The fourth-order valence-corrected chi connectivity index (χ4v) is 3.58. The molecule has 4 aromatic rings. The summed E-state index contributed by atoms with van der Waals surface area (Å²) in [6, 6.07) is 8.07. The fraction of sp³-hybridized carbons (Fsp3) is 0.0909. The summed E-state index contributed by atoms with van der Waals surface area (Å²) < 4.78 is 106. The number of halogens is 7. The number of aromatic nitrogens is 1. The van der Waals surface area contributed by atoms with Gasteiger partial charge in [-0.3, -0.25) is 10.1 Å². The van der Waals surface area contributed by atoms with Crippen molar-refractivity contribution in [2.45, 2.75) is 13.2 Å². The van der Waals surface area contributed by atoms with Crippen LogP contribution in [0.1, 0.15) is 16.3 Å². The summed E-state index contributed by atoms with van der Waals surface area (Å²) >= 11 is 1.06. The summed E-state index contributed by atoms with van der Waals surface area (Å²) in [4.78, 5) is 16.6. The van der Waals surface area contributed by atoms with Crippen LogP contribution in [0.15, 0.2) is 46.2 Å². The molecule has 36 heavy (non-hydrogen) atoms. The van der Waals surface area contributed by atoms with Crippen molar-refractivity contribution in [3.05, 3.63) is 82.4 Å². The van der Waals surface area contributed by atoms with Gasteiger partial charge >= 0.3 is 6.61 Å². The van der Waals surface area contributed by atoms with Gasteiger partial charge in [0.25, 0.3) is 5.91 Å². The number of carbonyl (C=O) groups excluding carboxylic acids is 1. The minimum atomic E-state index is -2.96. The average molecular weight is 532 g/mol. The van der Waals surface area contributed by atoms with Gasteiger partial charge in [-0.15, -0.1) is 11.3 Å². The highest BCUT2D eigenvalue weighted by Gasteiger charge is 2.27. The van der Waals surface area contributed by atoms with Crippen LogP contribution in [0, 0.1) is 29.1 Å². The van der Waals surface area contributed by atoms with Crippen LogP contribution >= 0.6 is 11.3 Å². The number of rotatable bonds is 8. The van der Waals surface area contributed by atoms with E-state index in [9.17, 15) is 35.5 Å². The Hall–Kier alpha value is -4.07. The molecular weight excluding hydrogens is 521 g/mol. The van der Waals surface area contributed by atoms with E-state index >= 15 is 0 Å². The summed E-state index contributed by atoms with van der Waals surface area (Å²) in [5.41, 5.74) is 1.01. The van der Waals surface area contributed by atoms with Gasteiger partial charge in [0.15, 0.2) is 16.6 Å². The molecule has 0 saturated carbocycles.